The second kappa shape index (κ2) is 7.52. The molecule has 2 saturated heterocycles. The third-order valence-corrected chi connectivity index (χ3v) is 5.28. The van der Waals surface area contributed by atoms with Gasteiger partial charge in [-0.2, -0.15) is 0 Å². The Morgan fingerprint density at radius 1 is 1.52 bits per heavy atom. The van der Waals surface area contributed by atoms with E-state index in [9.17, 15) is 4.79 Å². The number of likely N-dealkylation sites (tertiary alicyclic amines) is 1. The van der Waals surface area contributed by atoms with Crippen LogP contribution in [-0.4, -0.2) is 50.6 Å². The van der Waals surface area contributed by atoms with Crippen molar-refractivity contribution in [3.63, 3.8) is 0 Å². The van der Waals surface area contributed by atoms with Gasteiger partial charge in [-0.15, -0.1) is 0 Å². The monoisotopic (exact) mass is 364 g/mol. The van der Waals surface area contributed by atoms with Gasteiger partial charge in [0.1, 0.15) is 5.75 Å². The van der Waals surface area contributed by atoms with E-state index in [2.05, 4.69) is 20.5 Å². The lowest BCUT2D eigenvalue weighted by Gasteiger charge is -2.40. The van der Waals surface area contributed by atoms with Crippen molar-refractivity contribution in [1.82, 2.24) is 15.5 Å². The van der Waals surface area contributed by atoms with Gasteiger partial charge in [-0.05, 0) is 31.0 Å². The number of hydrogen-bond acceptors (Lipinski definition) is 3. The third-order valence-electron chi connectivity index (χ3n) is 5.05. The lowest BCUT2D eigenvalue weighted by atomic mass is 9.79. The molecule has 3 rings (SSSR count). The fourth-order valence-corrected chi connectivity index (χ4v) is 4.02. The van der Waals surface area contributed by atoms with Crippen molar-refractivity contribution in [2.24, 2.45) is 10.4 Å². The van der Waals surface area contributed by atoms with Crippen LogP contribution in [0.5, 0.6) is 5.75 Å². The maximum absolute atomic E-state index is 11.7. The van der Waals surface area contributed by atoms with Gasteiger partial charge < -0.3 is 20.3 Å². The fourth-order valence-electron chi connectivity index (χ4n) is 3.82. The highest BCUT2D eigenvalue weighted by Gasteiger charge is 2.42. The van der Waals surface area contributed by atoms with Gasteiger partial charge in [0.15, 0.2) is 5.96 Å². The van der Waals surface area contributed by atoms with Gasteiger partial charge in [-0.25, -0.2) is 0 Å². The van der Waals surface area contributed by atoms with Gasteiger partial charge in [-0.3, -0.25) is 9.79 Å². The number of hydrogen-bond donors (Lipinski definition) is 2. The van der Waals surface area contributed by atoms with Crippen LogP contribution in [0.4, 0.5) is 0 Å². The van der Waals surface area contributed by atoms with Crippen molar-refractivity contribution in [2.75, 3.05) is 33.8 Å². The van der Waals surface area contributed by atoms with Crippen LogP contribution < -0.4 is 15.4 Å². The van der Waals surface area contributed by atoms with Gasteiger partial charge >= 0.3 is 0 Å². The molecule has 2 N–H and O–H groups in total. The maximum Gasteiger partial charge on any atom is 0.220 e. The quantitative estimate of drug-likeness (QED) is 0.636. The minimum atomic E-state index is 0.0424. The molecule has 2 heterocycles. The Balaban J connectivity index is 1.67. The largest absolute Gasteiger partial charge is 0.496 e. The number of benzene rings is 1. The molecule has 0 saturated carbocycles. The number of nitrogens with zero attached hydrogens (tertiary/aromatic N) is 2. The molecule has 0 radical (unpaired) electrons. The van der Waals surface area contributed by atoms with E-state index in [-0.39, 0.29) is 11.3 Å². The van der Waals surface area contributed by atoms with Gasteiger partial charge in [0, 0.05) is 55.6 Å². The molecule has 2 fully saturated rings. The number of carbonyl (C=O) groups excluding carboxylic acids is 1. The molecule has 1 atom stereocenters. The van der Waals surface area contributed by atoms with Crippen LogP contribution in [-0.2, 0) is 11.3 Å². The number of guanidine groups is 1. The van der Waals surface area contributed by atoms with E-state index >= 15 is 0 Å². The number of rotatable bonds is 3. The fraction of sp³-hybridized carbons (Fsp3) is 0.556. The first kappa shape index (κ1) is 17.9. The van der Waals surface area contributed by atoms with Crippen LogP contribution in [0.25, 0.3) is 0 Å². The highest BCUT2D eigenvalue weighted by molar-refractivity contribution is 6.30. The first-order valence-electron chi connectivity index (χ1n) is 8.60. The van der Waals surface area contributed by atoms with E-state index in [4.69, 9.17) is 16.3 Å². The summed E-state index contributed by atoms with van der Waals surface area (Å²) in [6, 6.07) is 5.59. The molecule has 136 valence electrons. The molecule has 0 aliphatic carbocycles. The first-order chi connectivity index (χ1) is 12.0. The lowest BCUT2D eigenvalue weighted by molar-refractivity contribution is -0.119. The molecule has 7 heteroatoms. The summed E-state index contributed by atoms with van der Waals surface area (Å²) in [6.07, 6.45) is 2.76. The molecule has 1 aromatic carbocycles. The number of ether oxygens (including phenoxy) is 1. The zero-order valence-electron chi connectivity index (χ0n) is 14.8. The predicted molar refractivity (Wildman–Crippen MR) is 99.1 cm³/mol. The molecular weight excluding hydrogens is 340 g/mol. The van der Waals surface area contributed by atoms with E-state index in [0.29, 0.717) is 18.0 Å². The summed E-state index contributed by atoms with van der Waals surface area (Å²) in [5.74, 6) is 1.81. The summed E-state index contributed by atoms with van der Waals surface area (Å²) in [6.45, 7) is 3.14. The highest BCUT2D eigenvalue weighted by Crippen LogP contribution is 2.36. The minimum Gasteiger partial charge on any atom is -0.496 e. The van der Waals surface area contributed by atoms with Crippen molar-refractivity contribution < 1.29 is 9.53 Å². The first-order valence-corrected chi connectivity index (χ1v) is 8.98. The molecule has 1 unspecified atom stereocenters. The average Bonchev–Trinajstić information content (AvgIpc) is 2.95. The lowest BCUT2D eigenvalue weighted by Crippen LogP contribution is -2.51. The molecule has 6 nitrogen and oxygen atoms in total. The Kier molecular flexibility index (Phi) is 5.37. The van der Waals surface area contributed by atoms with Crippen LogP contribution in [0.15, 0.2) is 23.2 Å². The molecule has 2 aliphatic heterocycles. The second-order valence-electron chi connectivity index (χ2n) is 6.84. The van der Waals surface area contributed by atoms with E-state index < -0.39 is 0 Å². The van der Waals surface area contributed by atoms with Crippen LogP contribution in [0.2, 0.25) is 5.02 Å². The number of methoxy groups -OCH3 is 1. The highest BCUT2D eigenvalue weighted by atomic mass is 35.5. The van der Waals surface area contributed by atoms with Gasteiger partial charge in [0.25, 0.3) is 0 Å². The Morgan fingerprint density at radius 3 is 3.04 bits per heavy atom. The summed E-state index contributed by atoms with van der Waals surface area (Å²) in [7, 11) is 3.44. The topological polar surface area (TPSA) is 66.0 Å². The Bertz CT molecular complexity index is 679. The molecule has 1 aromatic rings. The zero-order valence-corrected chi connectivity index (χ0v) is 15.5. The number of amides is 1. The van der Waals surface area contributed by atoms with Crippen molar-refractivity contribution in [3.8, 4) is 5.75 Å². The molecule has 0 bridgehead atoms. The minimum absolute atomic E-state index is 0.0424. The van der Waals surface area contributed by atoms with Crippen molar-refractivity contribution >= 4 is 23.5 Å². The molecule has 1 spiro atoms. The molecule has 2 aliphatic rings. The summed E-state index contributed by atoms with van der Waals surface area (Å²) < 4.78 is 5.40. The Morgan fingerprint density at radius 2 is 2.36 bits per heavy atom. The Labute approximate surface area is 153 Å². The van der Waals surface area contributed by atoms with E-state index in [1.54, 1.807) is 14.2 Å². The summed E-state index contributed by atoms with van der Waals surface area (Å²) >= 11 is 6.10. The molecular formula is C18H25ClN4O2. The van der Waals surface area contributed by atoms with Crippen molar-refractivity contribution in [3.05, 3.63) is 28.8 Å². The van der Waals surface area contributed by atoms with E-state index in [1.165, 1.54) is 0 Å². The second-order valence-corrected chi connectivity index (χ2v) is 7.27. The number of nitrogens with one attached hydrogen (secondary N) is 2. The number of piperidine rings is 1. The van der Waals surface area contributed by atoms with E-state index in [1.807, 2.05) is 18.2 Å². The van der Waals surface area contributed by atoms with Crippen LogP contribution in [0.1, 0.15) is 24.8 Å². The molecule has 0 aromatic heterocycles. The standard InChI is InChI=1S/C18H25ClN4O2/c1-20-17(21-10-13-8-14(19)4-5-15(13)25-2)23-7-3-6-18(12-23)9-16(24)22-11-18/h4-5,8H,3,6-7,9-12H2,1-2H3,(H,20,21)(H,22,24). The zero-order chi connectivity index (χ0) is 17.9. The summed E-state index contributed by atoms with van der Waals surface area (Å²) in [5, 5.41) is 7.07. The van der Waals surface area contributed by atoms with Crippen molar-refractivity contribution in [1.29, 1.82) is 0 Å². The molecule has 25 heavy (non-hydrogen) atoms. The number of aliphatic imine (C=N–C) groups is 1. The maximum atomic E-state index is 11.7. The van der Waals surface area contributed by atoms with Gasteiger partial charge in [0.2, 0.25) is 5.91 Å². The van der Waals surface area contributed by atoms with Gasteiger partial charge in [0.05, 0.1) is 7.11 Å². The number of carbonyl (C=O) groups is 1. The van der Waals surface area contributed by atoms with E-state index in [0.717, 1.165) is 49.7 Å². The predicted octanol–water partition coefficient (Wildman–Crippen LogP) is 2.03. The SMILES string of the molecule is CN=C(NCc1cc(Cl)ccc1OC)N1CCCC2(CNC(=O)C2)C1. The molecule has 1 amide bonds. The smallest absolute Gasteiger partial charge is 0.220 e. The third kappa shape index (κ3) is 4.00. The normalized spacial score (nSPS) is 23.7. The van der Waals surface area contributed by atoms with Crippen LogP contribution in [0, 0.1) is 5.41 Å². The average molecular weight is 365 g/mol. The Hall–Kier alpha value is -1.95. The van der Waals surface area contributed by atoms with Crippen LogP contribution in [0.3, 0.4) is 0 Å². The van der Waals surface area contributed by atoms with Crippen LogP contribution >= 0.6 is 11.6 Å². The van der Waals surface area contributed by atoms with Gasteiger partial charge in [-0.1, -0.05) is 11.6 Å². The summed E-state index contributed by atoms with van der Waals surface area (Å²) in [5.41, 5.74) is 1.03. The van der Waals surface area contributed by atoms with Crippen molar-refractivity contribution in [2.45, 2.75) is 25.8 Å². The summed E-state index contributed by atoms with van der Waals surface area (Å²) in [4.78, 5) is 18.4. The number of halogens is 1.